The van der Waals surface area contributed by atoms with Crippen molar-refractivity contribution >= 4 is 27.3 Å². The standard InChI is InChI=1S/C11H18N4O3S2/c1-8-13-14-10(19-8)7-12-11(16)9-3-5-15(6-4-9)20(2,17)18/h9H,3-7H2,1-2H3,(H,12,16). The first-order valence-corrected chi connectivity index (χ1v) is 9.04. The Morgan fingerprint density at radius 3 is 2.55 bits per heavy atom. The molecule has 1 N–H and O–H groups in total. The Morgan fingerprint density at radius 2 is 2.05 bits per heavy atom. The van der Waals surface area contributed by atoms with Crippen LogP contribution in [0.1, 0.15) is 22.9 Å². The van der Waals surface area contributed by atoms with Crippen LogP contribution in [0.3, 0.4) is 0 Å². The van der Waals surface area contributed by atoms with E-state index < -0.39 is 10.0 Å². The van der Waals surface area contributed by atoms with Crippen molar-refractivity contribution in [3.05, 3.63) is 10.0 Å². The van der Waals surface area contributed by atoms with Crippen LogP contribution in [0.2, 0.25) is 0 Å². The van der Waals surface area contributed by atoms with Crippen molar-refractivity contribution in [2.45, 2.75) is 26.3 Å². The molecule has 0 unspecified atom stereocenters. The fraction of sp³-hybridized carbons (Fsp3) is 0.727. The van der Waals surface area contributed by atoms with E-state index in [0.29, 0.717) is 32.5 Å². The van der Waals surface area contributed by atoms with Gasteiger partial charge in [-0.15, -0.1) is 10.2 Å². The van der Waals surface area contributed by atoms with Gasteiger partial charge in [0.2, 0.25) is 15.9 Å². The van der Waals surface area contributed by atoms with Gasteiger partial charge < -0.3 is 5.32 Å². The summed E-state index contributed by atoms with van der Waals surface area (Å²) in [5.41, 5.74) is 0. The Balaban J connectivity index is 1.80. The smallest absolute Gasteiger partial charge is 0.223 e. The van der Waals surface area contributed by atoms with Crippen LogP contribution in [0, 0.1) is 12.8 Å². The second-order valence-electron chi connectivity index (χ2n) is 4.87. The normalized spacial score (nSPS) is 18.1. The molecule has 1 aromatic rings. The zero-order valence-electron chi connectivity index (χ0n) is 11.5. The summed E-state index contributed by atoms with van der Waals surface area (Å²) in [5, 5.41) is 12.3. The number of rotatable bonds is 4. The molecule has 7 nitrogen and oxygen atoms in total. The van der Waals surface area contributed by atoms with E-state index >= 15 is 0 Å². The molecule has 1 amide bonds. The van der Waals surface area contributed by atoms with E-state index in [1.807, 2.05) is 6.92 Å². The molecular formula is C11H18N4O3S2. The predicted octanol–water partition coefficient (Wildman–Crippen LogP) is 0.134. The molecule has 0 aliphatic carbocycles. The van der Waals surface area contributed by atoms with E-state index in [1.165, 1.54) is 21.9 Å². The summed E-state index contributed by atoms with van der Waals surface area (Å²) in [6, 6.07) is 0. The average molecular weight is 318 g/mol. The molecule has 0 aromatic carbocycles. The summed E-state index contributed by atoms with van der Waals surface area (Å²) >= 11 is 1.46. The highest BCUT2D eigenvalue weighted by Gasteiger charge is 2.28. The number of piperidine rings is 1. The molecule has 1 aromatic heterocycles. The fourth-order valence-electron chi connectivity index (χ4n) is 2.17. The number of aromatic nitrogens is 2. The SMILES string of the molecule is Cc1nnc(CNC(=O)C2CCN(S(C)(=O)=O)CC2)s1. The molecule has 9 heteroatoms. The molecule has 0 radical (unpaired) electrons. The number of aryl methyl sites for hydroxylation is 1. The third-order valence-electron chi connectivity index (χ3n) is 3.28. The summed E-state index contributed by atoms with van der Waals surface area (Å²) in [6.45, 7) is 3.07. The molecule has 20 heavy (non-hydrogen) atoms. The van der Waals surface area contributed by atoms with Gasteiger partial charge in [-0.05, 0) is 19.8 Å². The third-order valence-corrected chi connectivity index (χ3v) is 5.42. The molecule has 2 heterocycles. The first kappa shape index (κ1) is 15.3. The van der Waals surface area contributed by atoms with Gasteiger partial charge in [-0.3, -0.25) is 4.79 Å². The lowest BCUT2D eigenvalue weighted by molar-refractivity contribution is -0.126. The monoisotopic (exact) mass is 318 g/mol. The van der Waals surface area contributed by atoms with Crippen LogP contribution < -0.4 is 5.32 Å². The highest BCUT2D eigenvalue weighted by Crippen LogP contribution is 2.19. The maximum atomic E-state index is 12.0. The van der Waals surface area contributed by atoms with Crippen LogP contribution in [0.5, 0.6) is 0 Å². The van der Waals surface area contributed by atoms with E-state index in [0.717, 1.165) is 10.0 Å². The number of carbonyl (C=O) groups excluding carboxylic acids is 1. The van der Waals surface area contributed by atoms with Crippen molar-refractivity contribution in [3.8, 4) is 0 Å². The Kier molecular flexibility index (Phi) is 4.71. The molecule has 1 saturated heterocycles. The minimum absolute atomic E-state index is 0.0361. The van der Waals surface area contributed by atoms with Gasteiger partial charge in [0, 0.05) is 19.0 Å². The first-order chi connectivity index (χ1) is 9.36. The summed E-state index contributed by atoms with van der Waals surface area (Å²) in [6.07, 6.45) is 2.33. The van der Waals surface area contributed by atoms with Crippen molar-refractivity contribution in [3.63, 3.8) is 0 Å². The predicted molar refractivity (Wildman–Crippen MR) is 75.6 cm³/mol. The third kappa shape index (κ3) is 3.97. The largest absolute Gasteiger partial charge is 0.349 e. The molecule has 0 atom stereocenters. The molecule has 0 spiro atoms. The zero-order valence-corrected chi connectivity index (χ0v) is 13.1. The van der Waals surface area contributed by atoms with Crippen molar-refractivity contribution in [1.82, 2.24) is 19.8 Å². The Morgan fingerprint density at radius 1 is 1.40 bits per heavy atom. The van der Waals surface area contributed by atoms with E-state index in [2.05, 4.69) is 15.5 Å². The highest BCUT2D eigenvalue weighted by molar-refractivity contribution is 7.88. The summed E-state index contributed by atoms with van der Waals surface area (Å²) in [4.78, 5) is 12.0. The van der Waals surface area contributed by atoms with Crippen LogP contribution >= 0.6 is 11.3 Å². The minimum Gasteiger partial charge on any atom is -0.349 e. The minimum atomic E-state index is -3.14. The molecule has 1 aliphatic heterocycles. The van der Waals surface area contributed by atoms with Crippen molar-refractivity contribution in [2.75, 3.05) is 19.3 Å². The quantitative estimate of drug-likeness (QED) is 0.852. The summed E-state index contributed by atoms with van der Waals surface area (Å²) in [7, 11) is -3.14. The van der Waals surface area contributed by atoms with Crippen molar-refractivity contribution in [2.24, 2.45) is 5.92 Å². The second-order valence-corrected chi connectivity index (χ2v) is 8.12. The van der Waals surface area contributed by atoms with Crippen LogP contribution in [0.4, 0.5) is 0 Å². The lowest BCUT2D eigenvalue weighted by atomic mass is 9.97. The summed E-state index contributed by atoms with van der Waals surface area (Å²) in [5.74, 6) is -0.159. The molecular weight excluding hydrogens is 300 g/mol. The number of nitrogens with zero attached hydrogens (tertiary/aromatic N) is 3. The summed E-state index contributed by atoms with van der Waals surface area (Å²) < 4.78 is 24.2. The number of amides is 1. The van der Waals surface area contributed by atoms with Gasteiger partial charge in [0.25, 0.3) is 0 Å². The lowest BCUT2D eigenvalue weighted by Crippen LogP contribution is -2.42. The van der Waals surface area contributed by atoms with E-state index in [-0.39, 0.29) is 11.8 Å². The molecule has 0 saturated carbocycles. The van der Waals surface area contributed by atoms with E-state index in [1.54, 1.807) is 0 Å². The number of nitrogens with one attached hydrogen (secondary N) is 1. The lowest BCUT2D eigenvalue weighted by Gasteiger charge is -2.29. The zero-order chi connectivity index (χ0) is 14.8. The van der Waals surface area contributed by atoms with Crippen molar-refractivity contribution < 1.29 is 13.2 Å². The van der Waals surface area contributed by atoms with Crippen LogP contribution in [0.15, 0.2) is 0 Å². The van der Waals surface area contributed by atoms with Crippen LogP contribution in [-0.2, 0) is 21.4 Å². The molecule has 0 bridgehead atoms. The second kappa shape index (κ2) is 6.15. The van der Waals surface area contributed by atoms with E-state index in [9.17, 15) is 13.2 Å². The number of carbonyl (C=O) groups is 1. The Hall–Kier alpha value is -1.06. The maximum absolute atomic E-state index is 12.0. The van der Waals surface area contributed by atoms with Crippen LogP contribution in [-0.4, -0.2) is 48.2 Å². The highest BCUT2D eigenvalue weighted by atomic mass is 32.2. The van der Waals surface area contributed by atoms with Gasteiger partial charge in [0.1, 0.15) is 10.0 Å². The fourth-order valence-corrected chi connectivity index (χ4v) is 3.69. The maximum Gasteiger partial charge on any atom is 0.223 e. The number of hydrogen-bond donors (Lipinski definition) is 1. The van der Waals surface area contributed by atoms with Gasteiger partial charge in [-0.2, -0.15) is 0 Å². The molecule has 112 valence electrons. The topological polar surface area (TPSA) is 92.3 Å². The molecule has 1 fully saturated rings. The van der Waals surface area contributed by atoms with Crippen molar-refractivity contribution in [1.29, 1.82) is 0 Å². The van der Waals surface area contributed by atoms with Gasteiger partial charge >= 0.3 is 0 Å². The van der Waals surface area contributed by atoms with Crippen LogP contribution in [0.25, 0.3) is 0 Å². The van der Waals surface area contributed by atoms with E-state index in [4.69, 9.17) is 0 Å². The number of sulfonamides is 1. The Bertz CT molecular complexity index is 576. The number of hydrogen-bond acceptors (Lipinski definition) is 6. The van der Waals surface area contributed by atoms with Gasteiger partial charge in [0.15, 0.2) is 0 Å². The average Bonchev–Trinajstić information content (AvgIpc) is 2.81. The molecule has 1 aliphatic rings. The molecule has 2 rings (SSSR count). The Labute approximate surface area is 122 Å². The van der Waals surface area contributed by atoms with Gasteiger partial charge in [-0.25, -0.2) is 12.7 Å². The first-order valence-electron chi connectivity index (χ1n) is 6.38. The van der Waals surface area contributed by atoms with Gasteiger partial charge in [-0.1, -0.05) is 11.3 Å². The van der Waals surface area contributed by atoms with Gasteiger partial charge in [0.05, 0.1) is 12.8 Å².